The fourth-order valence-corrected chi connectivity index (χ4v) is 2.77. The van der Waals surface area contributed by atoms with Crippen LogP contribution in [0, 0.1) is 0 Å². The maximum atomic E-state index is 12.1. The van der Waals surface area contributed by atoms with Gasteiger partial charge in [0.25, 0.3) is 11.1 Å². The Morgan fingerprint density at radius 3 is 2.64 bits per heavy atom. The molecule has 0 unspecified atom stereocenters. The van der Waals surface area contributed by atoms with Crippen LogP contribution in [0.4, 0.5) is 10.5 Å². The van der Waals surface area contributed by atoms with Crippen LogP contribution in [-0.4, -0.2) is 50.1 Å². The lowest BCUT2D eigenvalue weighted by Crippen LogP contribution is -2.35. The third-order valence-corrected chi connectivity index (χ3v) is 3.86. The molecule has 9 heteroatoms. The van der Waals surface area contributed by atoms with Crippen molar-refractivity contribution in [2.45, 2.75) is 11.8 Å². The van der Waals surface area contributed by atoms with E-state index in [4.69, 9.17) is 10.2 Å². The molecule has 22 heavy (non-hydrogen) atoms. The molecule has 0 spiro atoms. The third-order valence-electron chi connectivity index (χ3n) is 2.89. The van der Waals surface area contributed by atoms with Crippen molar-refractivity contribution in [3.63, 3.8) is 0 Å². The number of carbonyl (C=O) groups excluding carboxylic acids is 2. The van der Waals surface area contributed by atoms with Crippen molar-refractivity contribution < 1.29 is 29.4 Å². The smallest absolute Gasteiger partial charge is 0.335 e. The first-order valence-corrected chi connectivity index (χ1v) is 7.10. The van der Waals surface area contributed by atoms with E-state index < -0.39 is 28.5 Å². The van der Waals surface area contributed by atoms with Gasteiger partial charge < -0.3 is 15.5 Å². The second-order valence-corrected chi connectivity index (χ2v) is 5.48. The second-order valence-electron chi connectivity index (χ2n) is 4.43. The third kappa shape index (κ3) is 3.55. The van der Waals surface area contributed by atoms with Gasteiger partial charge in [-0.1, -0.05) is 6.07 Å². The fourth-order valence-electron chi connectivity index (χ4n) is 1.84. The molecule has 0 aliphatic carbocycles. The van der Waals surface area contributed by atoms with Crippen molar-refractivity contribution in [1.29, 1.82) is 0 Å². The summed E-state index contributed by atoms with van der Waals surface area (Å²) >= 11 is 0.729. The van der Waals surface area contributed by atoms with Gasteiger partial charge in [-0.15, -0.1) is 0 Å². The van der Waals surface area contributed by atoms with Crippen molar-refractivity contribution in [2.24, 2.45) is 0 Å². The summed E-state index contributed by atoms with van der Waals surface area (Å²) in [6.07, 6.45) is -0.320. The molecule has 0 bridgehead atoms. The summed E-state index contributed by atoms with van der Waals surface area (Å²) in [5.74, 6) is -2.75. The average molecular weight is 324 g/mol. The van der Waals surface area contributed by atoms with Gasteiger partial charge in [0.2, 0.25) is 0 Å². The minimum absolute atomic E-state index is 0.0505. The maximum Gasteiger partial charge on any atom is 0.335 e. The zero-order chi connectivity index (χ0) is 16.3. The SMILES string of the molecule is O=C(O)CCN1C(=O)S[C@@H](Nc2cccc(C(=O)O)c2)C1=O. The van der Waals surface area contributed by atoms with E-state index in [1.807, 2.05) is 0 Å². The monoisotopic (exact) mass is 324 g/mol. The molecule has 2 amide bonds. The Labute approximate surface area is 129 Å². The number of carboxylic acids is 2. The Morgan fingerprint density at radius 2 is 2.00 bits per heavy atom. The van der Waals surface area contributed by atoms with Gasteiger partial charge in [-0.3, -0.25) is 19.3 Å². The molecule has 1 aliphatic rings. The van der Waals surface area contributed by atoms with Crippen LogP contribution in [0.5, 0.6) is 0 Å². The Hall–Kier alpha value is -2.55. The maximum absolute atomic E-state index is 12.1. The van der Waals surface area contributed by atoms with Crippen LogP contribution in [0.1, 0.15) is 16.8 Å². The van der Waals surface area contributed by atoms with Crippen LogP contribution in [0.2, 0.25) is 0 Å². The predicted molar refractivity (Wildman–Crippen MR) is 77.8 cm³/mol. The number of imide groups is 1. The fraction of sp³-hybridized carbons (Fsp3) is 0.231. The van der Waals surface area contributed by atoms with Crippen LogP contribution in [0.3, 0.4) is 0 Å². The normalized spacial score (nSPS) is 17.6. The van der Waals surface area contributed by atoms with Crippen LogP contribution in [-0.2, 0) is 9.59 Å². The number of aromatic carboxylic acids is 1. The summed E-state index contributed by atoms with van der Waals surface area (Å²) in [5.41, 5.74) is 0.438. The zero-order valence-electron chi connectivity index (χ0n) is 11.2. The molecule has 116 valence electrons. The van der Waals surface area contributed by atoms with Gasteiger partial charge in [0.15, 0.2) is 5.37 Å². The van der Waals surface area contributed by atoms with Gasteiger partial charge in [-0.2, -0.15) is 0 Å². The number of carbonyl (C=O) groups is 4. The molecule has 8 nitrogen and oxygen atoms in total. The Bertz CT molecular complexity index is 647. The van der Waals surface area contributed by atoms with Crippen molar-refractivity contribution in [3.05, 3.63) is 29.8 Å². The van der Waals surface area contributed by atoms with E-state index in [0.717, 1.165) is 16.7 Å². The van der Waals surface area contributed by atoms with Gasteiger partial charge in [0.05, 0.1) is 12.0 Å². The summed E-state index contributed by atoms with van der Waals surface area (Å²) in [5, 5.41) is 18.9. The van der Waals surface area contributed by atoms with Crippen molar-refractivity contribution in [3.8, 4) is 0 Å². The standard InChI is InChI=1S/C13H12N2O6S/c16-9(17)4-5-15-11(18)10(22-13(15)21)14-8-3-1-2-7(6-8)12(19)20/h1-3,6,10,14H,4-5H2,(H,16,17)(H,19,20)/t10-/m1/s1. The topological polar surface area (TPSA) is 124 Å². The number of thioether (sulfide) groups is 1. The number of hydrogen-bond donors (Lipinski definition) is 3. The molecule has 0 aromatic heterocycles. The summed E-state index contributed by atoms with van der Waals surface area (Å²) in [6.45, 7) is -0.187. The van der Waals surface area contributed by atoms with Crippen molar-refractivity contribution in [1.82, 2.24) is 4.90 Å². The van der Waals surface area contributed by atoms with E-state index >= 15 is 0 Å². The first kappa shape index (κ1) is 15.8. The predicted octanol–water partition coefficient (Wildman–Crippen LogP) is 1.29. The molecule has 2 rings (SSSR count). The highest BCUT2D eigenvalue weighted by atomic mass is 32.2. The van der Waals surface area contributed by atoms with Crippen LogP contribution >= 0.6 is 11.8 Å². The minimum Gasteiger partial charge on any atom is -0.481 e. The molecule has 0 radical (unpaired) electrons. The minimum atomic E-state index is -1.10. The largest absolute Gasteiger partial charge is 0.481 e. The molecule has 1 heterocycles. The number of anilines is 1. The molecule has 1 aromatic rings. The first-order chi connectivity index (χ1) is 10.4. The molecular weight excluding hydrogens is 312 g/mol. The molecule has 1 aromatic carbocycles. The number of rotatable bonds is 6. The lowest BCUT2D eigenvalue weighted by atomic mass is 10.2. The van der Waals surface area contributed by atoms with Crippen LogP contribution in [0.15, 0.2) is 24.3 Å². The quantitative estimate of drug-likeness (QED) is 0.715. The van der Waals surface area contributed by atoms with Gasteiger partial charge in [-0.05, 0) is 30.0 Å². The van der Waals surface area contributed by atoms with Crippen molar-refractivity contribution >= 4 is 40.5 Å². The zero-order valence-corrected chi connectivity index (χ0v) is 12.0. The van der Waals surface area contributed by atoms with Crippen LogP contribution in [0.25, 0.3) is 0 Å². The van der Waals surface area contributed by atoms with Crippen molar-refractivity contribution in [2.75, 3.05) is 11.9 Å². The lowest BCUT2D eigenvalue weighted by Gasteiger charge is -2.14. The summed E-state index contributed by atoms with van der Waals surface area (Å²) in [6, 6.07) is 5.84. The summed E-state index contributed by atoms with van der Waals surface area (Å²) in [4.78, 5) is 46.1. The summed E-state index contributed by atoms with van der Waals surface area (Å²) < 4.78 is 0. The number of nitrogens with one attached hydrogen (secondary N) is 1. The van der Waals surface area contributed by atoms with Gasteiger partial charge in [-0.25, -0.2) is 4.79 Å². The molecule has 1 atom stereocenters. The number of amides is 2. The van der Waals surface area contributed by atoms with E-state index in [-0.39, 0.29) is 18.5 Å². The first-order valence-electron chi connectivity index (χ1n) is 6.22. The number of benzene rings is 1. The Morgan fingerprint density at radius 1 is 1.27 bits per heavy atom. The number of nitrogens with zero attached hydrogens (tertiary/aromatic N) is 1. The summed E-state index contributed by atoms with van der Waals surface area (Å²) in [7, 11) is 0. The van der Waals surface area contributed by atoms with Gasteiger partial charge in [0, 0.05) is 12.2 Å². The van der Waals surface area contributed by atoms with E-state index in [9.17, 15) is 19.2 Å². The second kappa shape index (κ2) is 6.48. The molecule has 3 N–H and O–H groups in total. The van der Waals surface area contributed by atoms with E-state index in [0.29, 0.717) is 5.69 Å². The molecular formula is C13H12N2O6S. The van der Waals surface area contributed by atoms with Crippen LogP contribution < -0.4 is 5.32 Å². The number of aliphatic carboxylic acids is 1. The average Bonchev–Trinajstić information content (AvgIpc) is 2.71. The molecule has 0 saturated carbocycles. The molecule has 1 aliphatic heterocycles. The molecule has 1 saturated heterocycles. The van der Waals surface area contributed by atoms with E-state index in [1.165, 1.54) is 18.2 Å². The number of hydrogen-bond acceptors (Lipinski definition) is 6. The van der Waals surface area contributed by atoms with Gasteiger partial charge in [0.1, 0.15) is 0 Å². The van der Waals surface area contributed by atoms with Gasteiger partial charge >= 0.3 is 11.9 Å². The number of carboxylic acid groups (broad SMARTS) is 2. The molecule has 1 fully saturated rings. The Balaban J connectivity index is 2.06. The van der Waals surface area contributed by atoms with E-state index in [1.54, 1.807) is 6.07 Å². The lowest BCUT2D eigenvalue weighted by molar-refractivity contribution is -0.137. The van der Waals surface area contributed by atoms with E-state index in [2.05, 4.69) is 5.32 Å². The highest BCUT2D eigenvalue weighted by Crippen LogP contribution is 2.28. The highest BCUT2D eigenvalue weighted by molar-refractivity contribution is 8.15. The Kier molecular flexibility index (Phi) is 4.66. The highest BCUT2D eigenvalue weighted by Gasteiger charge is 2.39.